The van der Waals surface area contributed by atoms with Gasteiger partial charge in [0.05, 0.1) is 29.8 Å². The van der Waals surface area contributed by atoms with Crippen molar-refractivity contribution in [2.45, 2.75) is 143 Å². The minimum atomic E-state index is -1.05. The topological polar surface area (TPSA) is 126 Å². The van der Waals surface area contributed by atoms with Crippen molar-refractivity contribution in [1.29, 1.82) is 0 Å². The fraction of sp³-hybridized carbons (Fsp3) is 0.946. The van der Waals surface area contributed by atoms with Gasteiger partial charge in [0.25, 0.3) is 0 Å². The molecule has 2 heterocycles. The Hall–Kier alpha value is -1.42. The van der Waals surface area contributed by atoms with Gasteiger partial charge in [-0.05, 0) is 112 Å². The van der Waals surface area contributed by atoms with Crippen molar-refractivity contribution in [3.05, 3.63) is 0 Å². The first-order valence-corrected chi connectivity index (χ1v) is 18.2. The minimum Gasteiger partial charge on any atom is -0.481 e. The Morgan fingerprint density at radius 1 is 1.02 bits per heavy atom. The van der Waals surface area contributed by atoms with E-state index in [9.17, 15) is 24.9 Å². The molecule has 0 radical (unpaired) electrons. The fourth-order valence-electron chi connectivity index (χ4n) is 13.6. The van der Waals surface area contributed by atoms with E-state index in [1.807, 2.05) is 6.92 Å². The van der Waals surface area contributed by atoms with Crippen LogP contribution in [0, 0.1) is 56.7 Å². The van der Waals surface area contributed by atoms with Crippen LogP contribution in [0.4, 0.5) is 4.79 Å². The summed E-state index contributed by atoms with van der Waals surface area (Å²) in [5.41, 5.74) is -1.14. The molecule has 2 aliphatic heterocycles. The molecule has 0 aromatic heterocycles. The number of nitrogens with zero attached hydrogens (tertiary/aromatic N) is 1. The first-order valence-electron chi connectivity index (χ1n) is 18.2. The van der Waals surface area contributed by atoms with Crippen LogP contribution < -0.4 is 0 Å². The fourth-order valence-corrected chi connectivity index (χ4v) is 13.6. The Kier molecular flexibility index (Phi) is 7.41. The number of fused-ring (bicyclic) bond motifs is 4. The van der Waals surface area contributed by atoms with Gasteiger partial charge in [-0.25, -0.2) is 4.79 Å². The Morgan fingerprint density at radius 3 is 2.30 bits per heavy atom. The summed E-state index contributed by atoms with van der Waals surface area (Å²) in [6, 6.07) is 0. The van der Waals surface area contributed by atoms with Crippen LogP contribution >= 0.6 is 0 Å². The standard InChI is InChI=1S/C37H59NO8/c1-9-44-29(33(5,6)43)22-16-20(2)26-27(45-22)28(39)35(8)24-11-10-23-32(3,4)25(46-31(42)38-17-21(18-38)30(40)41)12-13-36(23)19-37(24,36)15-14-34(26,35)7/h20-29,39,43H,9-19H2,1-8H3,(H,40,41)/t20-,22-,23+,24+,25+,26+,27+,28+,29+,34-,35-,36?,37?/m1/s1. The van der Waals surface area contributed by atoms with Crippen LogP contribution in [0.1, 0.15) is 107 Å². The van der Waals surface area contributed by atoms with Crippen LogP contribution in [-0.2, 0) is 19.0 Å². The van der Waals surface area contributed by atoms with Crippen molar-refractivity contribution in [3.63, 3.8) is 0 Å². The van der Waals surface area contributed by atoms with Crippen molar-refractivity contribution in [2.24, 2.45) is 56.7 Å². The molecule has 5 saturated carbocycles. The molecule has 260 valence electrons. The lowest BCUT2D eigenvalue weighted by atomic mass is 9.41. The summed E-state index contributed by atoms with van der Waals surface area (Å²) in [7, 11) is 0. The number of amides is 1. The van der Waals surface area contributed by atoms with Gasteiger partial charge in [0.2, 0.25) is 0 Å². The van der Waals surface area contributed by atoms with E-state index in [0.29, 0.717) is 24.4 Å². The largest absolute Gasteiger partial charge is 0.481 e. The number of likely N-dealkylation sites (tertiary alicyclic amines) is 1. The molecule has 2 unspecified atom stereocenters. The molecule has 7 fully saturated rings. The van der Waals surface area contributed by atoms with Gasteiger partial charge in [-0.2, -0.15) is 0 Å². The average molecular weight is 646 g/mol. The number of aliphatic hydroxyl groups excluding tert-OH is 1. The normalized spacial score (nSPS) is 49.7. The second-order valence-electron chi connectivity index (χ2n) is 18.4. The van der Waals surface area contributed by atoms with Crippen LogP contribution in [0.2, 0.25) is 0 Å². The third-order valence-corrected chi connectivity index (χ3v) is 15.9. The zero-order valence-corrected chi connectivity index (χ0v) is 29.4. The average Bonchev–Trinajstić information content (AvgIpc) is 3.56. The molecule has 46 heavy (non-hydrogen) atoms. The summed E-state index contributed by atoms with van der Waals surface area (Å²) in [6.45, 7) is 18.3. The summed E-state index contributed by atoms with van der Waals surface area (Å²) in [5.74, 6) is 0.107. The van der Waals surface area contributed by atoms with Gasteiger partial charge in [-0.15, -0.1) is 0 Å². The van der Waals surface area contributed by atoms with Crippen molar-refractivity contribution in [1.82, 2.24) is 4.90 Å². The zero-order valence-electron chi connectivity index (χ0n) is 29.4. The van der Waals surface area contributed by atoms with Gasteiger partial charge < -0.3 is 34.4 Å². The van der Waals surface area contributed by atoms with E-state index in [1.54, 1.807) is 13.8 Å². The minimum absolute atomic E-state index is 0.0445. The highest BCUT2D eigenvalue weighted by Gasteiger charge is 2.84. The molecular weight excluding hydrogens is 586 g/mol. The lowest BCUT2D eigenvalue weighted by molar-refractivity contribution is -0.215. The first kappa shape index (κ1) is 33.1. The molecule has 13 atom stereocenters. The molecule has 7 rings (SSSR count). The molecule has 0 aromatic carbocycles. The van der Waals surface area contributed by atoms with E-state index in [2.05, 4.69) is 34.6 Å². The summed E-state index contributed by atoms with van der Waals surface area (Å²) < 4.78 is 19.2. The predicted octanol–water partition coefficient (Wildman–Crippen LogP) is 5.50. The van der Waals surface area contributed by atoms with E-state index >= 15 is 0 Å². The molecule has 0 aromatic rings. The maximum Gasteiger partial charge on any atom is 0.410 e. The molecule has 1 amide bonds. The van der Waals surface area contributed by atoms with E-state index in [0.717, 1.165) is 38.5 Å². The molecule has 2 spiro atoms. The molecule has 9 nitrogen and oxygen atoms in total. The monoisotopic (exact) mass is 645 g/mol. The first-order chi connectivity index (χ1) is 21.4. The Labute approximate surface area is 275 Å². The van der Waals surface area contributed by atoms with E-state index < -0.39 is 29.7 Å². The third-order valence-electron chi connectivity index (χ3n) is 15.9. The highest BCUT2D eigenvalue weighted by molar-refractivity contribution is 5.76. The number of rotatable bonds is 6. The second kappa shape index (κ2) is 10.3. The van der Waals surface area contributed by atoms with Crippen LogP contribution in [0.5, 0.6) is 0 Å². The van der Waals surface area contributed by atoms with Gasteiger partial charge in [-0.1, -0.05) is 34.6 Å². The lowest BCUT2D eigenvalue weighted by Gasteiger charge is -2.63. The summed E-state index contributed by atoms with van der Waals surface area (Å²) in [5, 5.41) is 32.8. The van der Waals surface area contributed by atoms with Gasteiger partial charge in [0, 0.05) is 30.5 Å². The summed E-state index contributed by atoms with van der Waals surface area (Å²) >= 11 is 0. The molecule has 5 aliphatic carbocycles. The van der Waals surface area contributed by atoms with E-state index in [4.69, 9.17) is 14.2 Å². The van der Waals surface area contributed by atoms with Gasteiger partial charge in [-0.3, -0.25) is 4.79 Å². The number of ether oxygens (including phenoxy) is 3. The van der Waals surface area contributed by atoms with Crippen LogP contribution in [-0.4, -0.2) is 88.1 Å². The molecule has 9 heteroatoms. The second-order valence-corrected chi connectivity index (χ2v) is 18.4. The van der Waals surface area contributed by atoms with Crippen molar-refractivity contribution in [3.8, 4) is 0 Å². The molecule has 0 bridgehead atoms. The Morgan fingerprint density at radius 2 is 1.67 bits per heavy atom. The molecule has 3 N–H and O–H groups in total. The molecule has 2 saturated heterocycles. The zero-order chi connectivity index (χ0) is 33.4. The third kappa shape index (κ3) is 4.13. The number of aliphatic carboxylic acids is 1. The molecule has 7 aliphatic rings. The highest BCUT2D eigenvalue weighted by atomic mass is 16.6. The maximum atomic E-state index is 13.0. The quantitative estimate of drug-likeness (QED) is 0.346. The Bertz CT molecular complexity index is 1260. The summed E-state index contributed by atoms with van der Waals surface area (Å²) in [4.78, 5) is 25.8. The number of hydrogen-bond donors (Lipinski definition) is 3. The number of carboxylic acids is 1. The van der Waals surface area contributed by atoms with Crippen LogP contribution in [0.25, 0.3) is 0 Å². The van der Waals surface area contributed by atoms with Gasteiger partial charge in [0.1, 0.15) is 12.2 Å². The number of carboxylic acid groups (broad SMARTS) is 1. The summed E-state index contributed by atoms with van der Waals surface area (Å²) in [6.07, 6.45) is 6.18. The Balaban J connectivity index is 1.12. The lowest BCUT2D eigenvalue weighted by Crippen LogP contribution is -2.60. The predicted molar refractivity (Wildman–Crippen MR) is 171 cm³/mol. The number of hydrogen-bond acceptors (Lipinski definition) is 7. The van der Waals surface area contributed by atoms with Gasteiger partial charge in [0.15, 0.2) is 0 Å². The molecular formula is C37H59NO8. The number of aliphatic hydroxyl groups is 2. The van der Waals surface area contributed by atoms with Crippen molar-refractivity contribution in [2.75, 3.05) is 19.7 Å². The number of carbonyl (C=O) groups excluding carboxylic acids is 1. The number of carbonyl (C=O) groups is 2. The smallest absolute Gasteiger partial charge is 0.410 e. The maximum absolute atomic E-state index is 13.0. The van der Waals surface area contributed by atoms with Crippen LogP contribution in [0.3, 0.4) is 0 Å². The van der Waals surface area contributed by atoms with E-state index in [-0.39, 0.29) is 70.5 Å². The van der Waals surface area contributed by atoms with Crippen molar-refractivity contribution >= 4 is 12.1 Å². The van der Waals surface area contributed by atoms with E-state index in [1.165, 1.54) is 17.7 Å². The van der Waals surface area contributed by atoms with Crippen LogP contribution in [0.15, 0.2) is 0 Å². The van der Waals surface area contributed by atoms with Gasteiger partial charge >= 0.3 is 12.1 Å². The van der Waals surface area contributed by atoms with Crippen molar-refractivity contribution < 1.29 is 39.1 Å². The highest BCUT2D eigenvalue weighted by Crippen LogP contribution is 2.89. The SMILES string of the molecule is CCO[C@@H]([C@H]1C[C@@H](C)[C@H]2[C@H](O1)[C@H](O)[C@@]1(C)[C@@H]3CC[C@H]4C(C)(C)[C@@H](OC(=O)N5CC(C(=O)O)C5)CCC45CC35CC[C@]21C)C(C)(C)O.